The van der Waals surface area contributed by atoms with Gasteiger partial charge in [0.2, 0.25) is 0 Å². The third kappa shape index (κ3) is 2.76. The van der Waals surface area contributed by atoms with Crippen LogP contribution in [-0.4, -0.2) is 23.8 Å². The molecule has 2 nitrogen and oxygen atoms in total. The Labute approximate surface area is 150 Å². The lowest BCUT2D eigenvalue weighted by Crippen LogP contribution is -2.49. The first-order chi connectivity index (χ1) is 11.8. The first kappa shape index (κ1) is 16.6. The van der Waals surface area contributed by atoms with Gasteiger partial charge in [0.1, 0.15) is 0 Å². The minimum atomic E-state index is -0.919. The number of fused-ring (bicyclic) bond motifs is 4. The van der Waals surface area contributed by atoms with E-state index in [0.717, 1.165) is 18.3 Å². The first-order valence-electron chi connectivity index (χ1n) is 8.94. The lowest BCUT2D eigenvalue weighted by Gasteiger charge is -2.37. The zero-order valence-electron chi connectivity index (χ0n) is 15.4. The number of benzene rings is 2. The predicted molar refractivity (Wildman–Crippen MR) is 104 cm³/mol. The summed E-state index contributed by atoms with van der Waals surface area (Å²) in [6, 6.07) is 11.1. The van der Waals surface area contributed by atoms with Crippen molar-refractivity contribution in [1.82, 2.24) is 0 Å². The van der Waals surface area contributed by atoms with Crippen molar-refractivity contribution in [2.75, 3.05) is 0 Å². The largest absolute Gasteiger partial charge is 0.427 e. The molecule has 1 radical (unpaired) electrons. The Kier molecular flexibility index (Phi) is 3.71. The van der Waals surface area contributed by atoms with Crippen LogP contribution in [-0.2, 0) is 17.5 Å². The Balaban J connectivity index is 1.64. The van der Waals surface area contributed by atoms with Gasteiger partial charge >= 0.3 is 7.48 Å². The van der Waals surface area contributed by atoms with Crippen molar-refractivity contribution in [2.45, 2.75) is 51.7 Å². The highest BCUT2D eigenvalue weighted by Gasteiger charge is 2.36. The molecule has 0 bridgehead atoms. The number of rotatable bonds is 4. The van der Waals surface area contributed by atoms with Crippen LogP contribution in [0, 0.1) is 0 Å². The van der Waals surface area contributed by atoms with E-state index in [9.17, 15) is 5.11 Å². The molecule has 0 aromatic heterocycles. The maximum atomic E-state index is 10.3. The summed E-state index contributed by atoms with van der Waals surface area (Å²) in [5.41, 5.74) is 7.67. The maximum Gasteiger partial charge on any atom is 0.331 e. The molecule has 2 aromatic rings. The molecule has 0 amide bonds. The van der Waals surface area contributed by atoms with Crippen LogP contribution in [0.25, 0.3) is 17.2 Å². The highest BCUT2D eigenvalue weighted by Crippen LogP contribution is 2.39. The summed E-state index contributed by atoms with van der Waals surface area (Å²) in [7, 11) is 1.82. The molecule has 2 aliphatic rings. The summed E-state index contributed by atoms with van der Waals surface area (Å²) in [5.74, 6) is 0. The fraction of sp³-hybridized carbons (Fsp3) is 0.364. The zero-order chi connectivity index (χ0) is 17.8. The quantitative estimate of drug-likeness (QED) is 0.740. The van der Waals surface area contributed by atoms with Gasteiger partial charge < -0.3 is 9.76 Å². The van der Waals surface area contributed by atoms with E-state index >= 15 is 0 Å². The number of hydrogen-bond donors (Lipinski definition) is 1. The van der Waals surface area contributed by atoms with Crippen molar-refractivity contribution < 1.29 is 9.76 Å². The molecule has 127 valence electrons. The molecule has 0 fully saturated rings. The molecule has 25 heavy (non-hydrogen) atoms. The molecule has 4 rings (SSSR count). The van der Waals surface area contributed by atoms with Gasteiger partial charge in [-0.1, -0.05) is 36.4 Å². The Hall–Kier alpha value is -1.84. The third-order valence-corrected chi connectivity index (χ3v) is 5.82. The summed E-state index contributed by atoms with van der Waals surface area (Å²) in [6.07, 6.45) is 6.43. The second-order valence-corrected chi connectivity index (χ2v) is 8.17. The molecule has 0 heterocycles. The van der Waals surface area contributed by atoms with E-state index in [1.54, 1.807) is 13.8 Å². The Bertz CT molecular complexity index is 872. The molecule has 0 unspecified atom stereocenters. The van der Waals surface area contributed by atoms with Gasteiger partial charge in [0.25, 0.3) is 0 Å². The van der Waals surface area contributed by atoms with Crippen LogP contribution in [0.4, 0.5) is 0 Å². The van der Waals surface area contributed by atoms with Gasteiger partial charge in [0.15, 0.2) is 0 Å². The molecule has 0 saturated carbocycles. The van der Waals surface area contributed by atoms with Crippen LogP contribution in [0.15, 0.2) is 36.4 Å². The van der Waals surface area contributed by atoms with Crippen LogP contribution >= 0.6 is 0 Å². The molecule has 0 saturated heterocycles. The minimum Gasteiger partial charge on any atom is -0.427 e. The highest BCUT2D eigenvalue weighted by atomic mass is 16.5. The van der Waals surface area contributed by atoms with Gasteiger partial charge in [-0.25, -0.2) is 0 Å². The number of allylic oxidation sites excluding steroid dienone is 1. The van der Waals surface area contributed by atoms with Crippen molar-refractivity contribution in [2.24, 2.45) is 0 Å². The highest BCUT2D eigenvalue weighted by molar-refractivity contribution is 6.48. The molecular weight excluding hydrogens is 307 g/mol. The number of aliphatic hydroxyl groups is 1. The van der Waals surface area contributed by atoms with Crippen molar-refractivity contribution in [3.05, 3.63) is 58.7 Å². The van der Waals surface area contributed by atoms with Gasteiger partial charge in [0, 0.05) is 0 Å². The summed E-state index contributed by atoms with van der Waals surface area (Å²) < 4.78 is 6.00. The smallest absolute Gasteiger partial charge is 0.331 e. The normalized spacial score (nSPS) is 15.1. The van der Waals surface area contributed by atoms with Gasteiger partial charge in [-0.05, 0) is 85.4 Å². The second-order valence-electron chi connectivity index (χ2n) is 8.17. The van der Waals surface area contributed by atoms with Crippen molar-refractivity contribution in [1.29, 1.82) is 0 Å². The summed E-state index contributed by atoms with van der Waals surface area (Å²) in [4.78, 5) is 0. The molecule has 0 aliphatic heterocycles. The van der Waals surface area contributed by atoms with Crippen LogP contribution < -0.4 is 5.46 Å². The predicted octanol–water partition coefficient (Wildman–Crippen LogP) is 3.64. The van der Waals surface area contributed by atoms with E-state index in [0.29, 0.717) is 0 Å². The summed E-state index contributed by atoms with van der Waals surface area (Å²) in [5, 5.41) is 10.3. The molecule has 0 atom stereocenters. The molecule has 3 heteroatoms. The topological polar surface area (TPSA) is 29.5 Å². The van der Waals surface area contributed by atoms with E-state index in [2.05, 4.69) is 42.5 Å². The molecule has 0 spiro atoms. The Morgan fingerprint density at radius 1 is 1.04 bits per heavy atom. The first-order valence-corrected chi connectivity index (χ1v) is 8.94. The summed E-state index contributed by atoms with van der Waals surface area (Å²) >= 11 is 0. The van der Waals surface area contributed by atoms with Crippen LogP contribution in [0.2, 0.25) is 0 Å². The lowest BCUT2D eigenvalue weighted by atomic mass is 9.79. The van der Waals surface area contributed by atoms with Crippen LogP contribution in [0.3, 0.4) is 0 Å². The maximum absolute atomic E-state index is 10.3. The fourth-order valence-electron chi connectivity index (χ4n) is 3.46. The summed E-state index contributed by atoms with van der Waals surface area (Å²) in [6.45, 7) is 7.39. The molecule has 2 aromatic carbocycles. The molecule has 1 N–H and O–H groups in total. The lowest BCUT2D eigenvalue weighted by molar-refractivity contribution is -0.0893. The average Bonchev–Trinajstić information content (AvgIpc) is 3.13. The SMILES string of the molecule is CC(C)(O)C(C)(C)O[B]c1cccc2c1Cc1cc3c(cc1-2)CC=C3. The monoisotopic (exact) mass is 331 g/mol. The Morgan fingerprint density at radius 2 is 1.84 bits per heavy atom. The van der Waals surface area contributed by atoms with Crippen molar-refractivity contribution in [3.63, 3.8) is 0 Å². The standard InChI is InChI=1S/C22H24BO2/c1-21(2,24)22(3,4)25-23-20-10-6-9-17-18-12-15-8-5-7-14(15)11-16(18)13-19(17)20/h5-7,9-12,24H,8,13H2,1-4H3. The van der Waals surface area contributed by atoms with E-state index in [1.165, 1.54) is 33.4 Å². The minimum absolute atomic E-state index is 0.660. The van der Waals surface area contributed by atoms with E-state index in [4.69, 9.17) is 4.65 Å². The zero-order valence-corrected chi connectivity index (χ0v) is 15.4. The van der Waals surface area contributed by atoms with Gasteiger partial charge in [-0.15, -0.1) is 0 Å². The average molecular weight is 331 g/mol. The molecular formula is C22H24BO2. The second kappa shape index (κ2) is 5.58. The Morgan fingerprint density at radius 3 is 2.60 bits per heavy atom. The van der Waals surface area contributed by atoms with E-state index in [-0.39, 0.29) is 0 Å². The molecule has 2 aliphatic carbocycles. The van der Waals surface area contributed by atoms with Gasteiger partial charge in [-0.3, -0.25) is 0 Å². The van der Waals surface area contributed by atoms with Crippen molar-refractivity contribution >= 4 is 19.0 Å². The van der Waals surface area contributed by atoms with E-state index < -0.39 is 11.2 Å². The third-order valence-electron chi connectivity index (χ3n) is 5.82. The van der Waals surface area contributed by atoms with Gasteiger partial charge in [0.05, 0.1) is 11.2 Å². The van der Waals surface area contributed by atoms with Crippen LogP contribution in [0.1, 0.15) is 49.9 Å². The van der Waals surface area contributed by atoms with Gasteiger partial charge in [-0.2, -0.15) is 0 Å². The van der Waals surface area contributed by atoms with Crippen molar-refractivity contribution in [3.8, 4) is 11.1 Å². The number of hydrogen-bond acceptors (Lipinski definition) is 2. The van der Waals surface area contributed by atoms with E-state index in [1.807, 2.05) is 21.3 Å². The fourth-order valence-corrected chi connectivity index (χ4v) is 3.46. The van der Waals surface area contributed by atoms with Crippen LogP contribution in [0.5, 0.6) is 0 Å².